The van der Waals surface area contributed by atoms with E-state index in [4.69, 9.17) is 4.74 Å². The first-order valence-corrected chi connectivity index (χ1v) is 9.81. The van der Waals surface area contributed by atoms with Crippen molar-refractivity contribution in [2.24, 2.45) is 0 Å². The standard InChI is InChI=1S/C20H17FN4O3S/c21-13-4-8-16(9-5-13)28-11-17-24-25-20(29-17)19(27)23-15-3-1-2-12(10-15)18(26)22-14-6-7-14/h1-5,8-10,14H,6-7,11H2,(H,22,26)(H,23,27). The highest BCUT2D eigenvalue weighted by atomic mass is 32.1. The maximum absolute atomic E-state index is 12.9. The molecule has 0 radical (unpaired) electrons. The number of hydrogen-bond acceptors (Lipinski definition) is 6. The molecule has 9 heteroatoms. The van der Waals surface area contributed by atoms with Gasteiger partial charge in [0.2, 0.25) is 5.01 Å². The lowest BCUT2D eigenvalue weighted by atomic mass is 10.2. The molecule has 0 bridgehead atoms. The lowest BCUT2D eigenvalue weighted by Gasteiger charge is -2.06. The molecule has 0 spiro atoms. The lowest BCUT2D eigenvalue weighted by Crippen LogP contribution is -2.25. The number of amides is 2. The average molecular weight is 412 g/mol. The van der Waals surface area contributed by atoms with E-state index in [0.717, 1.165) is 24.2 Å². The van der Waals surface area contributed by atoms with Crippen molar-refractivity contribution in [2.45, 2.75) is 25.5 Å². The van der Waals surface area contributed by atoms with Gasteiger partial charge in [-0.1, -0.05) is 17.4 Å². The van der Waals surface area contributed by atoms with Gasteiger partial charge >= 0.3 is 0 Å². The van der Waals surface area contributed by atoms with Gasteiger partial charge < -0.3 is 15.4 Å². The molecule has 0 saturated heterocycles. The number of aromatic nitrogens is 2. The number of benzene rings is 2. The Bertz CT molecular complexity index is 1030. The molecule has 7 nitrogen and oxygen atoms in total. The zero-order valence-corrected chi connectivity index (χ0v) is 16.0. The third kappa shape index (κ3) is 5.14. The Morgan fingerprint density at radius 3 is 2.66 bits per heavy atom. The number of anilines is 1. The molecule has 2 N–H and O–H groups in total. The summed E-state index contributed by atoms with van der Waals surface area (Å²) in [4.78, 5) is 24.6. The molecule has 148 valence electrons. The minimum absolute atomic E-state index is 0.118. The number of carbonyl (C=O) groups is 2. The van der Waals surface area contributed by atoms with E-state index in [0.29, 0.717) is 22.0 Å². The highest BCUT2D eigenvalue weighted by Crippen LogP contribution is 2.21. The van der Waals surface area contributed by atoms with E-state index >= 15 is 0 Å². The van der Waals surface area contributed by atoms with E-state index in [2.05, 4.69) is 20.8 Å². The Morgan fingerprint density at radius 2 is 1.90 bits per heavy atom. The van der Waals surface area contributed by atoms with Crippen molar-refractivity contribution in [1.82, 2.24) is 15.5 Å². The molecule has 4 rings (SSSR count). The van der Waals surface area contributed by atoms with E-state index in [1.54, 1.807) is 24.3 Å². The number of nitrogens with zero attached hydrogens (tertiary/aromatic N) is 2. The lowest BCUT2D eigenvalue weighted by molar-refractivity contribution is 0.0949. The second-order valence-electron chi connectivity index (χ2n) is 6.53. The molecular weight excluding hydrogens is 395 g/mol. The van der Waals surface area contributed by atoms with Crippen LogP contribution in [0.3, 0.4) is 0 Å². The van der Waals surface area contributed by atoms with Crippen LogP contribution in [0.2, 0.25) is 0 Å². The summed E-state index contributed by atoms with van der Waals surface area (Å²) in [5.41, 5.74) is 0.984. The van der Waals surface area contributed by atoms with Gasteiger partial charge in [0.1, 0.15) is 18.2 Å². The molecule has 2 aromatic carbocycles. The van der Waals surface area contributed by atoms with Gasteiger partial charge in [0, 0.05) is 17.3 Å². The molecule has 1 heterocycles. The molecule has 1 saturated carbocycles. The number of nitrogens with one attached hydrogen (secondary N) is 2. The van der Waals surface area contributed by atoms with E-state index < -0.39 is 5.91 Å². The summed E-state index contributed by atoms with van der Waals surface area (Å²) < 4.78 is 18.4. The summed E-state index contributed by atoms with van der Waals surface area (Å²) in [6.07, 6.45) is 2.01. The van der Waals surface area contributed by atoms with Gasteiger partial charge in [0.25, 0.3) is 11.8 Å². The van der Waals surface area contributed by atoms with Gasteiger partial charge in [0.15, 0.2) is 5.01 Å². The summed E-state index contributed by atoms with van der Waals surface area (Å²) in [5.74, 6) is -0.426. The third-order valence-electron chi connectivity index (χ3n) is 4.13. The SMILES string of the molecule is O=C(NC1CC1)c1cccc(NC(=O)c2nnc(COc3ccc(F)cc3)s2)c1. The fourth-order valence-electron chi connectivity index (χ4n) is 2.50. The maximum atomic E-state index is 12.9. The van der Waals surface area contributed by atoms with Crippen molar-refractivity contribution in [2.75, 3.05) is 5.32 Å². The van der Waals surface area contributed by atoms with Gasteiger partial charge in [0.05, 0.1) is 0 Å². The smallest absolute Gasteiger partial charge is 0.286 e. The van der Waals surface area contributed by atoms with Crippen molar-refractivity contribution >= 4 is 28.8 Å². The van der Waals surface area contributed by atoms with Crippen LogP contribution in [0.15, 0.2) is 48.5 Å². The van der Waals surface area contributed by atoms with Crippen LogP contribution in [-0.4, -0.2) is 28.1 Å². The molecular formula is C20H17FN4O3S. The topological polar surface area (TPSA) is 93.2 Å². The largest absolute Gasteiger partial charge is 0.486 e. The first kappa shape index (κ1) is 19.0. The number of hydrogen-bond donors (Lipinski definition) is 2. The molecule has 0 atom stereocenters. The Labute approximate surface area is 169 Å². The van der Waals surface area contributed by atoms with Crippen molar-refractivity contribution < 1.29 is 18.7 Å². The molecule has 0 unspecified atom stereocenters. The monoisotopic (exact) mass is 412 g/mol. The quantitative estimate of drug-likeness (QED) is 0.620. The summed E-state index contributed by atoms with van der Waals surface area (Å²) in [5, 5.41) is 14.1. The summed E-state index contributed by atoms with van der Waals surface area (Å²) in [6.45, 7) is 0.118. The molecule has 29 heavy (non-hydrogen) atoms. The van der Waals surface area contributed by atoms with Crippen LogP contribution in [0, 0.1) is 5.82 Å². The van der Waals surface area contributed by atoms with Crippen LogP contribution in [0.1, 0.15) is 38.0 Å². The first-order chi connectivity index (χ1) is 14.1. The second-order valence-corrected chi connectivity index (χ2v) is 7.59. The van der Waals surface area contributed by atoms with Gasteiger partial charge in [-0.2, -0.15) is 0 Å². The predicted octanol–water partition coefficient (Wildman–Crippen LogP) is 3.40. The van der Waals surface area contributed by atoms with Crippen molar-refractivity contribution in [3.05, 3.63) is 69.9 Å². The Hall–Kier alpha value is -3.33. The van der Waals surface area contributed by atoms with Crippen molar-refractivity contribution in [3.8, 4) is 5.75 Å². The number of halogens is 1. The molecule has 1 aliphatic rings. The molecule has 1 aromatic heterocycles. The normalized spacial score (nSPS) is 13.0. The van der Waals surface area contributed by atoms with Crippen LogP contribution < -0.4 is 15.4 Å². The number of rotatable bonds is 7. The van der Waals surface area contributed by atoms with E-state index in [-0.39, 0.29) is 29.4 Å². The van der Waals surface area contributed by atoms with Gasteiger partial charge in [-0.3, -0.25) is 9.59 Å². The zero-order valence-electron chi connectivity index (χ0n) is 15.2. The fourth-order valence-corrected chi connectivity index (χ4v) is 3.15. The predicted molar refractivity (Wildman–Crippen MR) is 106 cm³/mol. The minimum Gasteiger partial charge on any atom is -0.486 e. The highest BCUT2D eigenvalue weighted by Gasteiger charge is 2.24. The molecule has 2 amide bonds. The first-order valence-electron chi connectivity index (χ1n) is 9.00. The van der Waals surface area contributed by atoms with E-state index in [9.17, 15) is 14.0 Å². The van der Waals surface area contributed by atoms with Crippen LogP contribution in [0.5, 0.6) is 5.75 Å². The van der Waals surface area contributed by atoms with Crippen LogP contribution in [0.25, 0.3) is 0 Å². The molecule has 1 fully saturated rings. The minimum atomic E-state index is -0.421. The third-order valence-corrected chi connectivity index (χ3v) is 5.03. The van der Waals surface area contributed by atoms with Crippen molar-refractivity contribution in [1.29, 1.82) is 0 Å². The number of ether oxygens (including phenoxy) is 1. The van der Waals surface area contributed by atoms with Crippen molar-refractivity contribution in [3.63, 3.8) is 0 Å². The number of carbonyl (C=O) groups excluding carboxylic acids is 2. The summed E-state index contributed by atoms with van der Waals surface area (Å²) in [6, 6.07) is 12.6. The van der Waals surface area contributed by atoms with E-state index in [1.165, 1.54) is 24.3 Å². The van der Waals surface area contributed by atoms with Gasteiger partial charge in [-0.05, 0) is 55.3 Å². The Kier molecular flexibility index (Phi) is 5.48. The summed E-state index contributed by atoms with van der Waals surface area (Å²) in [7, 11) is 0. The van der Waals surface area contributed by atoms with Crippen LogP contribution >= 0.6 is 11.3 Å². The molecule has 1 aliphatic carbocycles. The van der Waals surface area contributed by atoms with Crippen LogP contribution in [-0.2, 0) is 6.61 Å². The Balaban J connectivity index is 1.35. The Morgan fingerprint density at radius 1 is 1.10 bits per heavy atom. The fraction of sp³-hybridized carbons (Fsp3) is 0.200. The van der Waals surface area contributed by atoms with E-state index in [1.807, 2.05) is 0 Å². The second kappa shape index (κ2) is 8.36. The van der Waals surface area contributed by atoms with Gasteiger partial charge in [-0.15, -0.1) is 10.2 Å². The maximum Gasteiger partial charge on any atom is 0.286 e. The zero-order chi connectivity index (χ0) is 20.2. The molecule has 0 aliphatic heterocycles. The highest BCUT2D eigenvalue weighted by molar-refractivity contribution is 7.13. The van der Waals surface area contributed by atoms with Gasteiger partial charge in [-0.25, -0.2) is 4.39 Å². The molecule has 3 aromatic rings. The van der Waals surface area contributed by atoms with Crippen LogP contribution in [0.4, 0.5) is 10.1 Å². The summed E-state index contributed by atoms with van der Waals surface area (Å²) >= 11 is 1.10. The average Bonchev–Trinajstić information content (AvgIpc) is 3.40.